The smallest absolute Gasteiger partial charge is 0.308 e. The van der Waals surface area contributed by atoms with Crippen LogP contribution in [0.5, 0.6) is 0 Å². The molecule has 5 nitrogen and oxygen atoms in total. The van der Waals surface area contributed by atoms with Gasteiger partial charge in [0.15, 0.2) is 0 Å². The first-order valence-electron chi connectivity index (χ1n) is 9.29. The number of hydrogen-bond acceptors (Lipinski definition) is 2. The number of fused-ring (bicyclic) bond motifs is 1. The molecule has 0 fully saturated rings. The van der Waals surface area contributed by atoms with Crippen LogP contribution < -0.4 is 10.6 Å². The largest absolute Gasteiger partial charge is 0.323 e. The van der Waals surface area contributed by atoms with Crippen LogP contribution >= 0.6 is 0 Å². The standard InChI is InChI=1S/C23H21FN4O/c1-14-7-12-19(24)20(13-14)26-23(29)25-17-10-8-16(9-11-17)18-5-4-6-21-22(18)15(2)27-28(21)3/h4-13H,1-3H3,(H2,25,26,29). The average molecular weight is 388 g/mol. The maximum Gasteiger partial charge on any atom is 0.323 e. The van der Waals surface area contributed by atoms with Gasteiger partial charge in [0.1, 0.15) is 5.82 Å². The van der Waals surface area contributed by atoms with E-state index in [0.29, 0.717) is 5.69 Å². The third-order valence-electron chi connectivity index (χ3n) is 4.88. The van der Waals surface area contributed by atoms with Gasteiger partial charge in [0, 0.05) is 18.1 Å². The number of nitrogens with one attached hydrogen (secondary N) is 2. The van der Waals surface area contributed by atoms with Gasteiger partial charge in [-0.1, -0.05) is 30.3 Å². The SMILES string of the molecule is Cc1ccc(F)c(NC(=O)Nc2ccc(-c3cccc4c3c(C)nn4C)cc2)c1. The number of nitrogens with zero attached hydrogens (tertiary/aromatic N) is 2. The van der Waals surface area contributed by atoms with E-state index in [9.17, 15) is 9.18 Å². The van der Waals surface area contributed by atoms with Crippen LogP contribution in [0.3, 0.4) is 0 Å². The highest BCUT2D eigenvalue weighted by atomic mass is 19.1. The van der Waals surface area contributed by atoms with E-state index in [1.54, 1.807) is 12.1 Å². The van der Waals surface area contributed by atoms with Gasteiger partial charge in [0.05, 0.1) is 16.9 Å². The lowest BCUT2D eigenvalue weighted by Gasteiger charge is -2.10. The minimum atomic E-state index is -0.493. The van der Waals surface area contributed by atoms with E-state index in [0.717, 1.165) is 33.3 Å². The summed E-state index contributed by atoms with van der Waals surface area (Å²) in [6, 6.07) is 17.8. The Morgan fingerprint density at radius 1 is 1.00 bits per heavy atom. The number of benzene rings is 3. The number of aromatic nitrogens is 2. The maximum atomic E-state index is 13.8. The number of rotatable bonds is 3. The molecular weight excluding hydrogens is 367 g/mol. The summed E-state index contributed by atoms with van der Waals surface area (Å²) < 4.78 is 15.7. The molecule has 0 spiro atoms. The van der Waals surface area contributed by atoms with E-state index in [-0.39, 0.29) is 5.69 Å². The van der Waals surface area contributed by atoms with Crippen molar-refractivity contribution >= 4 is 28.3 Å². The lowest BCUT2D eigenvalue weighted by Crippen LogP contribution is -2.20. The molecule has 4 rings (SSSR count). The zero-order valence-electron chi connectivity index (χ0n) is 16.5. The zero-order chi connectivity index (χ0) is 20.5. The molecule has 0 aliphatic carbocycles. The average Bonchev–Trinajstić information content (AvgIpc) is 2.99. The Bertz CT molecular complexity index is 1210. The molecular formula is C23H21FN4O. The summed E-state index contributed by atoms with van der Waals surface area (Å²) in [5.41, 5.74) is 5.80. The second-order valence-electron chi connectivity index (χ2n) is 7.05. The number of amides is 2. The summed E-state index contributed by atoms with van der Waals surface area (Å²) in [5, 5.41) is 10.9. The lowest BCUT2D eigenvalue weighted by molar-refractivity contribution is 0.262. The summed E-state index contributed by atoms with van der Waals surface area (Å²) in [7, 11) is 1.93. The number of aryl methyl sites for hydroxylation is 3. The second kappa shape index (κ2) is 7.39. The van der Waals surface area contributed by atoms with E-state index in [1.165, 1.54) is 6.07 Å². The highest BCUT2D eigenvalue weighted by molar-refractivity contribution is 6.00. The van der Waals surface area contributed by atoms with Crippen LogP contribution in [0.15, 0.2) is 60.7 Å². The molecule has 4 aromatic rings. The molecule has 3 aromatic carbocycles. The quantitative estimate of drug-likeness (QED) is 0.477. The molecule has 1 heterocycles. The van der Waals surface area contributed by atoms with Gasteiger partial charge in [-0.3, -0.25) is 4.68 Å². The normalized spacial score (nSPS) is 10.9. The summed E-state index contributed by atoms with van der Waals surface area (Å²) >= 11 is 0. The van der Waals surface area contributed by atoms with Crippen LogP contribution in [0.4, 0.5) is 20.6 Å². The van der Waals surface area contributed by atoms with Crippen LogP contribution in [0.1, 0.15) is 11.3 Å². The minimum Gasteiger partial charge on any atom is -0.308 e. The molecule has 1 aromatic heterocycles. The molecule has 0 aliphatic heterocycles. The molecule has 2 amide bonds. The Kier molecular flexibility index (Phi) is 4.76. The predicted octanol–water partition coefficient (Wildman–Crippen LogP) is 5.64. The maximum absolute atomic E-state index is 13.8. The van der Waals surface area contributed by atoms with Crippen LogP contribution in [0, 0.1) is 19.7 Å². The van der Waals surface area contributed by atoms with Crippen LogP contribution in [-0.2, 0) is 7.05 Å². The molecule has 0 atom stereocenters. The van der Waals surface area contributed by atoms with E-state index in [1.807, 2.05) is 62.0 Å². The van der Waals surface area contributed by atoms with Crippen LogP contribution in [-0.4, -0.2) is 15.8 Å². The number of carbonyl (C=O) groups excluding carboxylic acids is 1. The predicted molar refractivity (Wildman–Crippen MR) is 115 cm³/mol. The summed E-state index contributed by atoms with van der Waals surface area (Å²) in [4.78, 5) is 12.2. The topological polar surface area (TPSA) is 59.0 Å². The Hall–Kier alpha value is -3.67. The van der Waals surface area contributed by atoms with Crippen molar-refractivity contribution in [3.05, 3.63) is 77.7 Å². The van der Waals surface area contributed by atoms with Gasteiger partial charge in [-0.15, -0.1) is 0 Å². The Morgan fingerprint density at radius 3 is 2.52 bits per heavy atom. The number of halogens is 1. The summed E-state index contributed by atoms with van der Waals surface area (Å²) in [5.74, 6) is -0.471. The molecule has 0 saturated heterocycles. The molecule has 2 N–H and O–H groups in total. The van der Waals surface area contributed by atoms with Gasteiger partial charge >= 0.3 is 6.03 Å². The zero-order valence-corrected chi connectivity index (χ0v) is 16.5. The highest BCUT2D eigenvalue weighted by Gasteiger charge is 2.12. The van der Waals surface area contributed by atoms with Crippen molar-refractivity contribution < 1.29 is 9.18 Å². The van der Waals surface area contributed by atoms with Crippen molar-refractivity contribution in [3.8, 4) is 11.1 Å². The first-order valence-corrected chi connectivity index (χ1v) is 9.29. The van der Waals surface area contributed by atoms with Crippen molar-refractivity contribution in [2.75, 3.05) is 10.6 Å². The van der Waals surface area contributed by atoms with Gasteiger partial charge < -0.3 is 10.6 Å². The van der Waals surface area contributed by atoms with E-state index < -0.39 is 11.8 Å². The third-order valence-corrected chi connectivity index (χ3v) is 4.88. The fourth-order valence-electron chi connectivity index (χ4n) is 3.51. The molecule has 0 unspecified atom stereocenters. The van der Waals surface area contributed by atoms with Crippen molar-refractivity contribution in [1.82, 2.24) is 9.78 Å². The molecule has 0 radical (unpaired) electrons. The summed E-state index contributed by atoms with van der Waals surface area (Å²) in [6.45, 7) is 3.84. The van der Waals surface area contributed by atoms with Crippen molar-refractivity contribution in [2.24, 2.45) is 7.05 Å². The highest BCUT2D eigenvalue weighted by Crippen LogP contribution is 2.31. The minimum absolute atomic E-state index is 0.151. The van der Waals surface area contributed by atoms with Gasteiger partial charge in [-0.2, -0.15) is 5.10 Å². The first-order chi connectivity index (χ1) is 13.9. The van der Waals surface area contributed by atoms with Gasteiger partial charge in [-0.25, -0.2) is 9.18 Å². The lowest BCUT2D eigenvalue weighted by atomic mass is 10.00. The Labute approximate surface area is 168 Å². The number of urea groups is 1. The van der Waals surface area contributed by atoms with Gasteiger partial charge in [0.2, 0.25) is 0 Å². The molecule has 0 bridgehead atoms. The Balaban J connectivity index is 1.54. The van der Waals surface area contributed by atoms with E-state index >= 15 is 0 Å². The number of anilines is 2. The number of carbonyl (C=O) groups is 1. The fourth-order valence-corrected chi connectivity index (χ4v) is 3.51. The molecule has 0 aliphatic rings. The Morgan fingerprint density at radius 2 is 1.76 bits per heavy atom. The van der Waals surface area contributed by atoms with Crippen molar-refractivity contribution in [3.63, 3.8) is 0 Å². The molecule has 29 heavy (non-hydrogen) atoms. The van der Waals surface area contributed by atoms with E-state index in [2.05, 4.69) is 21.8 Å². The first kappa shape index (κ1) is 18.7. The van der Waals surface area contributed by atoms with Crippen molar-refractivity contribution in [1.29, 1.82) is 0 Å². The fraction of sp³-hybridized carbons (Fsp3) is 0.130. The molecule has 0 saturated carbocycles. The van der Waals surface area contributed by atoms with Crippen LogP contribution in [0.25, 0.3) is 22.0 Å². The van der Waals surface area contributed by atoms with Crippen LogP contribution in [0.2, 0.25) is 0 Å². The summed E-state index contributed by atoms with van der Waals surface area (Å²) in [6.07, 6.45) is 0. The third kappa shape index (κ3) is 3.69. The number of hydrogen-bond donors (Lipinski definition) is 2. The van der Waals surface area contributed by atoms with E-state index in [4.69, 9.17) is 0 Å². The molecule has 6 heteroatoms. The van der Waals surface area contributed by atoms with Gasteiger partial charge in [0.25, 0.3) is 0 Å². The van der Waals surface area contributed by atoms with Crippen molar-refractivity contribution in [2.45, 2.75) is 13.8 Å². The molecule has 146 valence electrons. The monoisotopic (exact) mass is 388 g/mol. The van der Waals surface area contributed by atoms with Gasteiger partial charge in [-0.05, 0) is 60.9 Å². The second-order valence-corrected chi connectivity index (χ2v) is 7.05.